The van der Waals surface area contributed by atoms with Crippen LogP contribution in [0.5, 0.6) is 0 Å². The highest BCUT2D eigenvalue weighted by atomic mass is 32.1. The molecule has 0 saturated carbocycles. The SMILES string of the molecule is Fc1ccc(-c2n[c]cs2)cc1. The lowest BCUT2D eigenvalue weighted by molar-refractivity contribution is 0.628. The summed E-state index contributed by atoms with van der Waals surface area (Å²) in [7, 11) is 0. The van der Waals surface area contributed by atoms with Gasteiger partial charge in [-0.05, 0) is 24.3 Å². The van der Waals surface area contributed by atoms with Crippen molar-refractivity contribution in [2.45, 2.75) is 0 Å². The molecule has 1 aromatic carbocycles. The van der Waals surface area contributed by atoms with E-state index in [0.29, 0.717) is 0 Å². The van der Waals surface area contributed by atoms with Crippen LogP contribution in [-0.4, -0.2) is 4.98 Å². The van der Waals surface area contributed by atoms with Gasteiger partial charge in [-0.1, -0.05) is 0 Å². The predicted octanol–water partition coefficient (Wildman–Crippen LogP) is 2.75. The average molecular weight is 178 g/mol. The molecule has 0 fully saturated rings. The predicted molar refractivity (Wildman–Crippen MR) is 46.3 cm³/mol. The van der Waals surface area contributed by atoms with Crippen molar-refractivity contribution >= 4 is 11.3 Å². The zero-order chi connectivity index (χ0) is 8.39. The fourth-order valence-electron chi connectivity index (χ4n) is 0.919. The topological polar surface area (TPSA) is 12.9 Å². The second kappa shape index (κ2) is 3.03. The fraction of sp³-hybridized carbons (Fsp3) is 0. The molecule has 1 heterocycles. The summed E-state index contributed by atoms with van der Waals surface area (Å²) >= 11 is 1.49. The zero-order valence-corrected chi connectivity index (χ0v) is 6.94. The van der Waals surface area contributed by atoms with E-state index in [2.05, 4.69) is 11.2 Å². The second-order valence-electron chi connectivity index (χ2n) is 2.29. The summed E-state index contributed by atoms with van der Waals surface area (Å²) in [5, 5.41) is 2.65. The van der Waals surface area contributed by atoms with Crippen LogP contribution in [0, 0.1) is 12.0 Å². The molecule has 0 amide bonds. The highest BCUT2D eigenvalue weighted by Crippen LogP contribution is 2.20. The van der Waals surface area contributed by atoms with Gasteiger partial charge in [-0.25, -0.2) is 9.37 Å². The Morgan fingerprint density at radius 1 is 1.25 bits per heavy atom. The van der Waals surface area contributed by atoms with Crippen LogP contribution >= 0.6 is 11.3 Å². The highest BCUT2D eigenvalue weighted by Gasteiger charge is 1.98. The van der Waals surface area contributed by atoms with Gasteiger partial charge in [0.25, 0.3) is 0 Å². The summed E-state index contributed by atoms with van der Waals surface area (Å²) in [4.78, 5) is 3.99. The molecule has 1 nitrogen and oxygen atoms in total. The summed E-state index contributed by atoms with van der Waals surface area (Å²) in [5.74, 6) is -0.223. The third-order valence-corrected chi connectivity index (χ3v) is 2.25. The van der Waals surface area contributed by atoms with Gasteiger partial charge in [-0.2, -0.15) is 0 Å². The summed E-state index contributed by atoms with van der Waals surface area (Å²) in [6.07, 6.45) is 2.72. The van der Waals surface area contributed by atoms with Crippen LogP contribution in [0.15, 0.2) is 29.6 Å². The Hall–Kier alpha value is -1.22. The monoisotopic (exact) mass is 178 g/mol. The van der Waals surface area contributed by atoms with Crippen LogP contribution in [0.1, 0.15) is 0 Å². The lowest BCUT2D eigenvalue weighted by Crippen LogP contribution is -1.76. The Balaban J connectivity index is 2.43. The van der Waals surface area contributed by atoms with E-state index in [1.54, 1.807) is 17.5 Å². The van der Waals surface area contributed by atoms with Crippen molar-refractivity contribution in [3.63, 3.8) is 0 Å². The normalized spacial score (nSPS) is 10.1. The molecule has 0 aliphatic carbocycles. The highest BCUT2D eigenvalue weighted by molar-refractivity contribution is 7.13. The number of aromatic nitrogens is 1. The first-order valence-corrected chi connectivity index (χ1v) is 4.32. The van der Waals surface area contributed by atoms with E-state index in [4.69, 9.17) is 0 Å². The number of thiazole rings is 1. The van der Waals surface area contributed by atoms with E-state index in [-0.39, 0.29) is 5.82 Å². The number of nitrogens with zero attached hydrogens (tertiary/aromatic N) is 1. The molecule has 0 bridgehead atoms. The van der Waals surface area contributed by atoms with Crippen LogP contribution < -0.4 is 0 Å². The standard InChI is InChI=1S/C9H5FNS/c10-8-3-1-7(2-4-8)9-11-5-6-12-9/h1-4,6H. The van der Waals surface area contributed by atoms with Gasteiger partial charge in [0.2, 0.25) is 0 Å². The molecule has 59 valence electrons. The van der Waals surface area contributed by atoms with Crippen molar-refractivity contribution in [2.24, 2.45) is 0 Å². The maximum Gasteiger partial charge on any atom is 0.124 e. The second-order valence-corrected chi connectivity index (χ2v) is 3.15. The fourth-order valence-corrected chi connectivity index (χ4v) is 1.51. The number of halogens is 1. The van der Waals surface area contributed by atoms with Gasteiger partial charge >= 0.3 is 0 Å². The molecule has 0 aliphatic heterocycles. The van der Waals surface area contributed by atoms with Crippen molar-refractivity contribution in [3.8, 4) is 10.6 Å². The first-order valence-electron chi connectivity index (χ1n) is 3.44. The van der Waals surface area contributed by atoms with Crippen LogP contribution in [0.3, 0.4) is 0 Å². The van der Waals surface area contributed by atoms with Gasteiger partial charge in [-0.15, -0.1) is 11.3 Å². The van der Waals surface area contributed by atoms with E-state index in [1.807, 2.05) is 0 Å². The van der Waals surface area contributed by atoms with Gasteiger partial charge in [0.15, 0.2) is 0 Å². The maximum absolute atomic E-state index is 12.5. The first-order chi connectivity index (χ1) is 5.86. The minimum absolute atomic E-state index is 0.223. The average Bonchev–Trinajstić information content (AvgIpc) is 2.58. The lowest BCUT2D eigenvalue weighted by Gasteiger charge is -1.93. The molecule has 1 aromatic heterocycles. The molecule has 0 atom stereocenters. The molecule has 0 N–H and O–H groups in total. The van der Waals surface area contributed by atoms with E-state index in [9.17, 15) is 4.39 Å². The quantitative estimate of drug-likeness (QED) is 0.654. The molecule has 2 aromatic rings. The van der Waals surface area contributed by atoms with Crippen molar-refractivity contribution in [1.82, 2.24) is 4.98 Å². The maximum atomic E-state index is 12.5. The van der Waals surface area contributed by atoms with E-state index in [1.165, 1.54) is 23.5 Å². The largest absolute Gasteiger partial charge is 0.234 e. The minimum atomic E-state index is -0.223. The van der Waals surface area contributed by atoms with Crippen LogP contribution in [0.25, 0.3) is 10.6 Å². The van der Waals surface area contributed by atoms with Crippen molar-refractivity contribution < 1.29 is 4.39 Å². The molecular weight excluding hydrogens is 173 g/mol. The first kappa shape index (κ1) is 7.43. The number of hydrogen-bond acceptors (Lipinski definition) is 2. The Morgan fingerprint density at radius 2 is 2.00 bits per heavy atom. The van der Waals surface area contributed by atoms with Crippen molar-refractivity contribution in [2.75, 3.05) is 0 Å². The molecule has 2 rings (SSSR count). The Labute approximate surface area is 73.5 Å². The molecule has 3 heteroatoms. The lowest BCUT2D eigenvalue weighted by atomic mass is 10.2. The third kappa shape index (κ3) is 1.36. The zero-order valence-electron chi connectivity index (χ0n) is 6.12. The molecular formula is C9H5FNS. The minimum Gasteiger partial charge on any atom is -0.234 e. The molecule has 0 saturated heterocycles. The van der Waals surface area contributed by atoms with Crippen molar-refractivity contribution in [1.29, 1.82) is 0 Å². The van der Waals surface area contributed by atoms with E-state index in [0.717, 1.165) is 10.6 Å². The van der Waals surface area contributed by atoms with Gasteiger partial charge in [-0.3, -0.25) is 0 Å². The van der Waals surface area contributed by atoms with Gasteiger partial charge in [0, 0.05) is 10.9 Å². The van der Waals surface area contributed by atoms with E-state index < -0.39 is 0 Å². The molecule has 1 radical (unpaired) electrons. The van der Waals surface area contributed by atoms with Crippen LogP contribution in [0.2, 0.25) is 0 Å². The Morgan fingerprint density at radius 3 is 2.58 bits per heavy atom. The summed E-state index contributed by atoms with van der Waals surface area (Å²) in [6, 6.07) is 6.28. The number of rotatable bonds is 1. The smallest absolute Gasteiger partial charge is 0.124 e. The van der Waals surface area contributed by atoms with Gasteiger partial charge in [0.1, 0.15) is 17.0 Å². The number of benzene rings is 1. The summed E-state index contributed by atoms with van der Waals surface area (Å²) < 4.78 is 12.5. The Bertz CT molecular complexity index is 353. The van der Waals surface area contributed by atoms with Crippen LogP contribution in [0.4, 0.5) is 4.39 Å². The van der Waals surface area contributed by atoms with Crippen molar-refractivity contribution in [3.05, 3.63) is 41.7 Å². The molecule has 0 unspecified atom stereocenters. The molecule has 0 spiro atoms. The third-order valence-electron chi connectivity index (χ3n) is 1.48. The summed E-state index contributed by atoms with van der Waals surface area (Å²) in [6.45, 7) is 0. The van der Waals surface area contributed by atoms with Gasteiger partial charge in [0.05, 0.1) is 0 Å². The molecule has 12 heavy (non-hydrogen) atoms. The number of hydrogen-bond donors (Lipinski definition) is 0. The Kier molecular flexibility index (Phi) is 1.87. The summed E-state index contributed by atoms with van der Waals surface area (Å²) in [5.41, 5.74) is 0.933. The molecule has 0 aliphatic rings. The van der Waals surface area contributed by atoms with Gasteiger partial charge < -0.3 is 0 Å². The van der Waals surface area contributed by atoms with E-state index >= 15 is 0 Å². The van der Waals surface area contributed by atoms with Crippen LogP contribution in [-0.2, 0) is 0 Å².